The van der Waals surface area contributed by atoms with Crippen molar-refractivity contribution in [3.63, 3.8) is 0 Å². The van der Waals surface area contributed by atoms with E-state index in [1.165, 1.54) is 4.90 Å². The molecule has 0 spiro atoms. The molecule has 2 aromatic heterocycles. The molecule has 15 heteroatoms. The van der Waals surface area contributed by atoms with Gasteiger partial charge in [0.1, 0.15) is 12.2 Å². The highest BCUT2D eigenvalue weighted by Crippen LogP contribution is 2.33. The zero-order valence-electron chi connectivity index (χ0n) is 33.0. The highest BCUT2D eigenvalue weighted by atomic mass is 16.6. The van der Waals surface area contributed by atoms with Crippen LogP contribution in [-0.4, -0.2) is 80.8 Å². The van der Waals surface area contributed by atoms with Crippen LogP contribution in [0.1, 0.15) is 57.6 Å². The van der Waals surface area contributed by atoms with Gasteiger partial charge in [-0.25, -0.2) is 19.8 Å². The molecule has 6 rings (SSSR count). The Morgan fingerprint density at radius 1 is 0.930 bits per heavy atom. The summed E-state index contributed by atoms with van der Waals surface area (Å²) in [5.74, 6) is 0.340. The van der Waals surface area contributed by atoms with Crippen molar-refractivity contribution in [1.29, 1.82) is 0 Å². The topological polar surface area (TPSA) is 194 Å². The van der Waals surface area contributed by atoms with Gasteiger partial charge in [-0.1, -0.05) is 54.6 Å². The lowest BCUT2D eigenvalue weighted by molar-refractivity contribution is -0.130. The lowest BCUT2D eigenvalue weighted by Gasteiger charge is -2.32. The fourth-order valence-electron chi connectivity index (χ4n) is 6.73. The molecule has 0 unspecified atom stereocenters. The molecule has 1 atom stereocenters. The SMILES string of the molecule is CN(C)c1ncc(-c2cccc(C[C@H](N)C(=O)N(c3ccc(-c4nnn[nH]4)cc3)C(=O)[C@H]3CC[C@H](CNC(=O)OC(C)(C)C)CC3)c2)c(OCc2ccccc2)n1. The van der Waals surface area contributed by atoms with Gasteiger partial charge < -0.3 is 25.4 Å². The molecule has 15 nitrogen and oxygen atoms in total. The Bertz CT molecular complexity index is 2110. The van der Waals surface area contributed by atoms with E-state index in [0.717, 1.165) is 16.7 Å². The molecule has 298 valence electrons. The second-order valence-corrected chi connectivity index (χ2v) is 15.5. The molecule has 5 aromatic rings. The van der Waals surface area contributed by atoms with Gasteiger partial charge in [0.05, 0.1) is 17.3 Å². The van der Waals surface area contributed by atoms with Gasteiger partial charge >= 0.3 is 6.09 Å². The molecular formula is C42H50N10O5. The number of hydrogen-bond donors (Lipinski definition) is 3. The molecule has 1 saturated carbocycles. The summed E-state index contributed by atoms with van der Waals surface area (Å²) in [5, 5.41) is 16.8. The van der Waals surface area contributed by atoms with Crippen LogP contribution in [0.2, 0.25) is 0 Å². The maximum absolute atomic E-state index is 14.4. The van der Waals surface area contributed by atoms with Gasteiger partial charge in [-0.15, -0.1) is 5.10 Å². The Labute approximate surface area is 332 Å². The zero-order valence-corrected chi connectivity index (χ0v) is 33.0. The summed E-state index contributed by atoms with van der Waals surface area (Å²) < 4.78 is 11.6. The number of hydrogen-bond acceptors (Lipinski definition) is 12. The number of carbonyl (C=O) groups excluding carboxylic acids is 3. The number of imide groups is 1. The van der Waals surface area contributed by atoms with E-state index < -0.39 is 29.6 Å². The van der Waals surface area contributed by atoms with Crippen LogP contribution in [0.3, 0.4) is 0 Å². The number of amides is 3. The number of aromatic nitrogens is 6. The Morgan fingerprint density at radius 3 is 2.32 bits per heavy atom. The maximum Gasteiger partial charge on any atom is 0.407 e. The third-order valence-corrected chi connectivity index (χ3v) is 9.69. The van der Waals surface area contributed by atoms with Crippen LogP contribution >= 0.6 is 0 Å². The average molecular weight is 775 g/mol. The molecule has 1 aliphatic rings. The van der Waals surface area contributed by atoms with Gasteiger partial charge in [-0.05, 0) is 110 Å². The Hall–Kier alpha value is -6.22. The molecule has 1 fully saturated rings. The van der Waals surface area contributed by atoms with Crippen molar-refractivity contribution < 1.29 is 23.9 Å². The smallest absolute Gasteiger partial charge is 0.407 e. The second kappa shape index (κ2) is 18.2. The summed E-state index contributed by atoms with van der Waals surface area (Å²) in [7, 11) is 3.73. The third-order valence-electron chi connectivity index (χ3n) is 9.69. The van der Waals surface area contributed by atoms with Gasteiger partial charge in [-0.2, -0.15) is 4.98 Å². The zero-order chi connectivity index (χ0) is 40.5. The van der Waals surface area contributed by atoms with Crippen molar-refractivity contribution in [3.8, 4) is 28.4 Å². The number of rotatable bonds is 13. The first-order valence-electron chi connectivity index (χ1n) is 19.1. The minimum atomic E-state index is -1.04. The lowest BCUT2D eigenvalue weighted by atomic mass is 9.81. The molecule has 57 heavy (non-hydrogen) atoms. The van der Waals surface area contributed by atoms with Crippen molar-refractivity contribution in [2.75, 3.05) is 30.4 Å². The number of tetrazole rings is 1. The molecule has 2 heterocycles. The molecule has 0 saturated heterocycles. The minimum absolute atomic E-state index is 0.165. The Morgan fingerprint density at radius 2 is 1.65 bits per heavy atom. The molecule has 0 bridgehead atoms. The molecule has 1 aliphatic carbocycles. The van der Waals surface area contributed by atoms with E-state index >= 15 is 0 Å². The molecular weight excluding hydrogens is 725 g/mol. The minimum Gasteiger partial charge on any atom is -0.472 e. The van der Waals surface area contributed by atoms with Crippen molar-refractivity contribution in [3.05, 3.63) is 96.2 Å². The number of H-pyrrole nitrogens is 1. The number of nitrogens with zero attached hydrogens (tertiary/aromatic N) is 7. The first-order valence-corrected chi connectivity index (χ1v) is 19.1. The monoisotopic (exact) mass is 774 g/mol. The number of carbonyl (C=O) groups is 3. The van der Waals surface area contributed by atoms with Gasteiger partial charge in [0, 0.05) is 38.3 Å². The second-order valence-electron chi connectivity index (χ2n) is 15.5. The number of anilines is 2. The van der Waals surface area contributed by atoms with Crippen LogP contribution in [0.15, 0.2) is 85.1 Å². The van der Waals surface area contributed by atoms with Crippen LogP contribution < -0.4 is 25.6 Å². The van der Waals surface area contributed by atoms with E-state index in [9.17, 15) is 14.4 Å². The van der Waals surface area contributed by atoms with E-state index in [1.807, 2.05) is 94.4 Å². The molecule has 3 amide bonds. The number of ether oxygens (including phenoxy) is 2. The summed E-state index contributed by atoms with van der Waals surface area (Å²) in [4.78, 5) is 53.2. The van der Waals surface area contributed by atoms with Gasteiger partial charge in [0.15, 0.2) is 5.82 Å². The van der Waals surface area contributed by atoms with Crippen LogP contribution in [0.4, 0.5) is 16.4 Å². The summed E-state index contributed by atoms with van der Waals surface area (Å²) in [6.07, 6.45) is 3.97. The molecule has 3 aromatic carbocycles. The normalized spacial score (nSPS) is 16.0. The average Bonchev–Trinajstić information content (AvgIpc) is 3.75. The van der Waals surface area contributed by atoms with Crippen LogP contribution in [0.5, 0.6) is 5.88 Å². The van der Waals surface area contributed by atoms with Gasteiger partial charge in [0.2, 0.25) is 17.7 Å². The van der Waals surface area contributed by atoms with Crippen LogP contribution in [-0.2, 0) is 27.4 Å². The Kier molecular flexibility index (Phi) is 12.9. The number of alkyl carbamates (subject to hydrolysis) is 1. The fraction of sp³-hybridized carbons (Fsp3) is 0.381. The first kappa shape index (κ1) is 40.4. The van der Waals surface area contributed by atoms with E-state index in [1.54, 1.807) is 30.5 Å². The van der Waals surface area contributed by atoms with E-state index in [0.29, 0.717) is 73.3 Å². The summed E-state index contributed by atoms with van der Waals surface area (Å²) in [6.45, 7) is 6.23. The van der Waals surface area contributed by atoms with Crippen molar-refractivity contribution in [2.24, 2.45) is 17.6 Å². The fourth-order valence-corrected chi connectivity index (χ4v) is 6.73. The number of nitrogens with one attached hydrogen (secondary N) is 2. The van der Waals surface area contributed by atoms with Crippen molar-refractivity contribution >= 4 is 29.5 Å². The van der Waals surface area contributed by atoms with E-state index in [-0.39, 0.29) is 18.2 Å². The van der Waals surface area contributed by atoms with Gasteiger partial charge in [-0.3, -0.25) is 9.59 Å². The predicted octanol–water partition coefficient (Wildman–Crippen LogP) is 5.73. The molecule has 0 aliphatic heterocycles. The molecule has 4 N–H and O–H groups in total. The van der Waals surface area contributed by atoms with E-state index in [4.69, 9.17) is 20.2 Å². The van der Waals surface area contributed by atoms with Crippen molar-refractivity contribution in [2.45, 2.75) is 71.1 Å². The maximum atomic E-state index is 14.4. The predicted molar refractivity (Wildman–Crippen MR) is 216 cm³/mol. The Balaban J connectivity index is 1.19. The standard InChI is InChI=1S/C42H50N10O5/c1-42(2,3)57-41(55)45-24-27-14-16-31(17-15-27)38(53)52(33-20-18-30(19-21-33)36-47-49-50-48-36)39(54)35(43)23-29-12-9-13-32(22-29)34-25-44-40(51(4)5)46-37(34)56-26-28-10-7-6-8-11-28/h6-13,18-22,25,27,31,35H,14-17,23-24,26,43H2,1-5H3,(H,45,55)(H,47,48,49,50)/t27-,31-,35-/m0/s1. The summed E-state index contributed by atoms with van der Waals surface area (Å²) in [6, 6.07) is 23.4. The van der Waals surface area contributed by atoms with Crippen LogP contribution in [0.25, 0.3) is 22.5 Å². The molecule has 0 radical (unpaired) electrons. The highest BCUT2D eigenvalue weighted by molar-refractivity contribution is 6.17. The largest absolute Gasteiger partial charge is 0.472 e. The number of nitrogens with two attached hydrogens (primary N) is 1. The lowest BCUT2D eigenvalue weighted by Crippen LogP contribution is -2.50. The van der Waals surface area contributed by atoms with Crippen molar-refractivity contribution in [1.82, 2.24) is 35.9 Å². The summed E-state index contributed by atoms with van der Waals surface area (Å²) in [5.41, 5.74) is 10.5. The number of benzene rings is 3. The van der Waals surface area contributed by atoms with E-state index in [2.05, 4.69) is 30.9 Å². The first-order chi connectivity index (χ1) is 27.3. The summed E-state index contributed by atoms with van der Waals surface area (Å²) >= 11 is 0. The van der Waals surface area contributed by atoms with Crippen LogP contribution in [0, 0.1) is 11.8 Å². The third kappa shape index (κ3) is 10.8. The van der Waals surface area contributed by atoms with Gasteiger partial charge in [0.25, 0.3) is 5.91 Å². The number of aromatic amines is 1. The highest BCUT2D eigenvalue weighted by Gasteiger charge is 2.35. The quantitative estimate of drug-likeness (QED) is 0.132.